The Balaban J connectivity index is 1.74. The molecule has 6 rings (SSSR count). The number of rotatable bonds is 1. The van der Waals surface area contributed by atoms with E-state index in [9.17, 15) is 0 Å². The van der Waals surface area contributed by atoms with Crippen LogP contribution >= 0.6 is 0 Å². The molecule has 3 heteroatoms. The Kier molecular flexibility index (Phi) is 2.88. The Morgan fingerprint density at radius 3 is 2.85 bits per heavy atom. The molecule has 26 heavy (non-hydrogen) atoms. The summed E-state index contributed by atoms with van der Waals surface area (Å²) in [7, 11) is 0. The first kappa shape index (κ1) is 14.7. The van der Waals surface area contributed by atoms with Gasteiger partial charge < -0.3 is 4.57 Å². The number of fused-ring (bicyclic) bond motifs is 3. The van der Waals surface area contributed by atoms with Crippen molar-refractivity contribution < 1.29 is 0 Å². The first-order chi connectivity index (χ1) is 12.8. The predicted octanol–water partition coefficient (Wildman–Crippen LogP) is 4.64. The number of piperidine rings is 1. The lowest BCUT2D eigenvalue weighted by Crippen LogP contribution is -2.49. The Morgan fingerprint density at radius 2 is 1.96 bits per heavy atom. The Labute approximate surface area is 154 Å². The van der Waals surface area contributed by atoms with Gasteiger partial charge in [0.1, 0.15) is 0 Å². The van der Waals surface area contributed by atoms with Gasteiger partial charge in [-0.3, -0.25) is 9.88 Å². The summed E-state index contributed by atoms with van der Waals surface area (Å²) in [6.07, 6.45) is 8.14. The third-order valence-electron chi connectivity index (χ3n) is 6.71. The van der Waals surface area contributed by atoms with E-state index in [-0.39, 0.29) is 5.41 Å². The fourth-order valence-corrected chi connectivity index (χ4v) is 5.69. The molecule has 1 saturated heterocycles. The van der Waals surface area contributed by atoms with Crippen LogP contribution in [0.15, 0.2) is 54.7 Å². The number of aromatic nitrogens is 2. The maximum Gasteiger partial charge on any atom is 0.0866 e. The molecule has 3 nitrogen and oxygen atoms in total. The van der Waals surface area contributed by atoms with E-state index < -0.39 is 0 Å². The van der Waals surface area contributed by atoms with Crippen LogP contribution < -0.4 is 0 Å². The van der Waals surface area contributed by atoms with Crippen LogP contribution in [0.3, 0.4) is 0 Å². The van der Waals surface area contributed by atoms with Crippen molar-refractivity contribution in [2.24, 2.45) is 5.41 Å². The van der Waals surface area contributed by atoms with Crippen LogP contribution in [0.1, 0.15) is 42.8 Å². The van der Waals surface area contributed by atoms with Gasteiger partial charge >= 0.3 is 0 Å². The second-order valence-electron chi connectivity index (χ2n) is 8.26. The van der Waals surface area contributed by atoms with Gasteiger partial charge in [0.05, 0.1) is 22.9 Å². The fraction of sp³-hybridized carbons (Fsp3) is 0.348. The summed E-state index contributed by atoms with van der Waals surface area (Å²) in [4.78, 5) is 7.45. The van der Waals surface area contributed by atoms with E-state index in [1.165, 1.54) is 48.2 Å². The second-order valence-corrected chi connectivity index (χ2v) is 8.26. The Bertz CT molecular complexity index is 1050. The molecule has 0 amide bonds. The van der Waals surface area contributed by atoms with Gasteiger partial charge in [0.2, 0.25) is 0 Å². The van der Waals surface area contributed by atoms with Crippen LogP contribution in [-0.2, 0) is 6.42 Å². The van der Waals surface area contributed by atoms with Crippen molar-refractivity contribution in [3.63, 3.8) is 0 Å². The van der Waals surface area contributed by atoms with E-state index in [0.717, 1.165) is 12.1 Å². The summed E-state index contributed by atoms with van der Waals surface area (Å²) in [6.45, 7) is 4.88. The van der Waals surface area contributed by atoms with Gasteiger partial charge in [0.25, 0.3) is 0 Å². The van der Waals surface area contributed by atoms with Crippen LogP contribution in [0.4, 0.5) is 0 Å². The molecule has 0 radical (unpaired) electrons. The van der Waals surface area contributed by atoms with Crippen LogP contribution in [0, 0.1) is 5.41 Å². The summed E-state index contributed by atoms with van der Waals surface area (Å²) < 4.78 is 2.52. The number of para-hydroxylation sites is 1. The highest BCUT2D eigenvalue weighted by molar-refractivity contribution is 5.91. The van der Waals surface area contributed by atoms with Crippen LogP contribution in [0.25, 0.3) is 16.6 Å². The van der Waals surface area contributed by atoms with E-state index in [2.05, 4.69) is 58.9 Å². The third kappa shape index (κ3) is 1.79. The fourth-order valence-electron chi connectivity index (χ4n) is 5.69. The predicted molar refractivity (Wildman–Crippen MR) is 105 cm³/mol. The molecule has 0 saturated carbocycles. The minimum Gasteiger partial charge on any atom is -0.310 e. The lowest BCUT2D eigenvalue weighted by Gasteiger charge is -2.52. The van der Waals surface area contributed by atoms with Gasteiger partial charge in [-0.15, -0.1) is 0 Å². The molecule has 0 spiro atoms. The smallest absolute Gasteiger partial charge is 0.0866 e. The zero-order valence-corrected chi connectivity index (χ0v) is 15.2. The van der Waals surface area contributed by atoms with Crippen LogP contribution in [0.5, 0.6) is 0 Å². The maximum atomic E-state index is 4.72. The average molecular weight is 341 g/mol. The molecule has 0 bridgehead atoms. The molecular formula is C23H23N3. The van der Waals surface area contributed by atoms with Crippen molar-refractivity contribution in [2.45, 2.75) is 32.2 Å². The number of nitrogens with zero attached hydrogens (tertiary/aromatic N) is 3. The van der Waals surface area contributed by atoms with E-state index in [1.54, 1.807) is 5.56 Å². The minimum atomic E-state index is 0.185. The summed E-state index contributed by atoms with van der Waals surface area (Å²) in [5.74, 6) is 0. The number of pyridine rings is 1. The summed E-state index contributed by atoms with van der Waals surface area (Å²) >= 11 is 0. The quantitative estimate of drug-likeness (QED) is 0.643. The van der Waals surface area contributed by atoms with Gasteiger partial charge in [0, 0.05) is 29.2 Å². The summed E-state index contributed by atoms with van der Waals surface area (Å²) in [6, 6.07) is 15.7. The molecule has 2 atom stereocenters. The van der Waals surface area contributed by atoms with Gasteiger partial charge in [-0.2, -0.15) is 0 Å². The zero-order valence-electron chi connectivity index (χ0n) is 15.2. The van der Waals surface area contributed by atoms with E-state index in [4.69, 9.17) is 4.98 Å². The van der Waals surface area contributed by atoms with Gasteiger partial charge in [-0.05, 0) is 49.6 Å². The van der Waals surface area contributed by atoms with Gasteiger partial charge in [-0.1, -0.05) is 37.3 Å². The van der Waals surface area contributed by atoms with Crippen molar-refractivity contribution in [1.29, 1.82) is 0 Å². The highest BCUT2D eigenvalue weighted by Crippen LogP contribution is 2.55. The largest absolute Gasteiger partial charge is 0.310 e. The standard InChI is InChI=1S/C23H23N3/c1-23-11-6-13-25-14-10-17-16-7-2-3-9-19(16)26(21(17)22(23)25)20(15-23)18-8-4-5-12-24-18/h2-5,7-9,12,15,22H,6,10-11,13-14H2,1H3/t22-,23+/m1/s1. The van der Waals surface area contributed by atoms with Crippen molar-refractivity contribution in [3.05, 3.63) is 71.7 Å². The third-order valence-corrected chi connectivity index (χ3v) is 6.71. The first-order valence-electron chi connectivity index (χ1n) is 9.77. The molecule has 0 unspecified atom stereocenters. The first-order valence-corrected chi connectivity index (χ1v) is 9.77. The normalized spacial score (nSPS) is 27.3. The Morgan fingerprint density at radius 1 is 1.08 bits per heavy atom. The zero-order chi connectivity index (χ0) is 17.3. The molecule has 3 aliphatic heterocycles. The van der Waals surface area contributed by atoms with E-state index in [1.807, 2.05) is 12.3 Å². The minimum absolute atomic E-state index is 0.185. The van der Waals surface area contributed by atoms with Crippen LogP contribution in [0.2, 0.25) is 0 Å². The highest BCUT2D eigenvalue weighted by Gasteiger charge is 2.48. The van der Waals surface area contributed by atoms with Crippen molar-refractivity contribution in [3.8, 4) is 0 Å². The van der Waals surface area contributed by atoms with Crippen molar-refractivity contribution in [1.82, 2.24) is 14.5 Å². The lowest BCUT2D eigenvalue weighted by molar-refractivity contribution is 0.0411. The SMILES string of the molecule is C[C@@]12C=C(c3ccccn3)n3c4c(c5ccccc53)CCN(CCC1)[C@H]42. The lowest BCUT2D eigenvalue weighted by atomic mass is 9.69. The maximum absolute atomic E-state index is 4.72. The Hall–Kier alpha value is -2.39. The molecule has 0 aliphatic carbocycles. The highest BCUT2D eigenvalue weighted by atomic mass is 15.2. The molecule has 2 aromatic heterocycles. The summed E-state index contributed by atoms with van der Waals surface area (Å²) in [5.41, 5.74) is 6.97. The number of benzene rings is 1. The molecule has 1 fully saturated rings. The van der Waals surface area contributed by atoms with Gasteiger partial charge in [-0.25, -0.2) is 0 Å². The van der Waals surface area contributed by atoms with Gasteiger partial charge in [0.15, 0.2) is 0 Å². The van der Waals surface area contributed by atoms with Crippen molar-refractivity contribution >= 4 is 16.6 Å². The summed E-state index contributed by atoms with van der Waals surface area (Å²) in [5, 5.41) is 1.43. The number of hydrogen-bond acceptors (Lipinski definition) is 2. The average Bonchev–Trinajstić information content (AvgIpc) is 3.02. The number of hydrogen-bond donors (Lipinski definition) is 0. The molecule has 3 aromatic rings. The molecule has 5 heterocycles. The molecule has 130 valence electrons. The van der Waals surface area contributed by atoms with Crippen molar-refractivity contribution in [2.75, 3.05) is 13.1 Å². The molecule has 0 N–H and O–H groups in total. The molecular weight excluding hydrogens is 318 g/mol. The molecule has 1 aromatic carbocycles. The monoisotopic (exact) mass is 341 g/mol. The second kappa shape index (κ2) is 5.08. The van der Waals surface area contributed by atoms with Crippen LogP contribution in [-0.4, -0.2) is 27.5 Å². The van der Waals surface area contributed by atoms with E-state index in [0.29, 0.717) is 6.04 Å². The molecule has 3 aliphatic rings. The topological polar surface area (TPSA) is 21.1 Å². The van der Waals surface area contributed by atoms with E-state index >= 15 is 0 Å².